The van der Waals surface area contributed by atoms with Crippen LogP contribution in [-0.2, 0) is 0 Å². The molecule has 0 amide bonds. The molecule has 2 heterocycles. The molecule has 1 fully saturated rings. The SMILES string of the molecule is CCN(CC1CCCNC1)C(C)c1ccc(Br)o1. The highest BCUT2D eigenvalue weighted by Crippen LogP contribution is 2.26. The first-order chi connectivity index (χ1) is 8.70. The van der Waals surface area contributed by atoms with E-state index in [0.29, 0.717) is 6.04 Å². The smallest absolute Gasteiger partial charge is 0.169 e. The van der Waals surface area contributed by atoms with E-state index in [1.54, 1.807) is 0 Å². The molecule has 0 spiro atoms. The number of nitrogens with one attached hydrogen (secondary N) is 1. The molecule has 3 nitrogen and oxygen atoms in total. The van der Waals surface area contributed by atoms with Crippen LogP contribution in [0.4, 0.5) is 0 Å². The van der Waals surface area contributed by atoms with Gasteiger partial charge in [-0.1, -0.05) is 6.92 Å². The van der Waals surface area contributed by atoms with Crippen LogP contribution in [0.2, 0.25) is 0 Å². The van der Waals surface area contributed by atoms with Gasteiger partial charge in [0.15, 0.2) is 4.67 Å². The molecule has 4 heteroatoms. The normalized spacial score (nSPS) is 22.3. The van der Waals surface area contributed by atoms with Gasteiger partial charge < -0.3 is 9.73 Å². The highest BCUT2D eigenvalue weighted by molar-refractivity contribution is 9.10. The molecule has 1 aromatic heterocycles. The second-order valence-corrected chi connectivity index (χ2v) is 5.90. The van der Waals surface area contributed by atoms with E-state index in [0.717, 1.165) is 36.0 Å². The molecule has 1 aliphatic heterocycles. The zero-order valence-electron chi connectivity index (χ0n) is 11.3. The third-order valence-electron chi connectivity index (χ3n) is 3.85. The Kier molecular flexibility index (Phi) is 5.27. The van der Waals surface area contributed by atoms with Crippen LogP contribution in [-0.4, -0.2) is 31.1 Å². The molecule has 1 N–H and O–H groups in total. The first-order valence-electron chi connectivity index (χ1n) is 6.90. The average Bonchev–Trinajstić information content (AvgIpc) is 2.83. The summed E-state index contributed by atoms with van der Waals surface area (Å²) in [5.74, 6) is 1.83. The summed E-state index contributed by atoms with van der Waals surface area (Å²) in [7, 11) is 0. The van der Waals surface area contributed by atoms with Gasteiger partial charge in [-0.15, -0.1) is 0 Å². The Morgan fingerprint density at radius 1 is 1.56 bits per heavy atom. The number of hydrogen-bond acceptors (Lipinski definition) is 3. The first-order valence-corrected chi connectivity index (χ1v) is 7.70. The fourth-order valence-electron chi connectivity index (χ4n) is 2.71. The molecule has 0 aromatic carbocycles. The first kappa shape index (κ1) is 14.1. The van der Waals surface area contributed by atoms with E-state index in [2.05, 4.69) is 46.1 Å². The Balaban J connectivity index is 1.94. The van der Waals surface area contributed by atoms with Crippen molar-refractivity contribution in [2.24, 2.45) is 5.92 Å². The molecule has 102 valence electrons. The Labute approximate surface area is 118 Å². The number of piperidine rings is 1. The van der Waals surface area contributed by atoms with Crippen LogP contribution in [0.25, 0.3) is 0 Å². The summed E-state index contributed by atoms with van der Waals surface area (Å²) < 4.78 is 6.50. The highest BCUT2D eigenvalue weighted by atomic mass is 79.9. The lowest BCUT2D eigenvalue weighted by Gasteiger charge is -2.32. The number of rotatable bonds is 5. The van der Waals surface area contributed by atoms with Crippen molar-refractivity contribution in [2.75, 3.05) is 26.2 Å². The minimum Gasteiger partial charge on any atom is -0.453 e. The summed E-state index contributed by atoms with van der Waals surface area (Å²) in [4.78, 5) is 2.50. The third kappa shape index (κ3) is 3.59. The van der Waals surface area contributed by atoms with Gasteiger partial charge in [0, 0.05) is 6.54 Å². The van der Waals surface area contributed by atoms with Crippen LogP contribution in [0, 0.1) is 5.92 Å². The topological polar surface area (TPSA) is 28.4 Å². The van der Waals surface area contributed by atoms with Crippen LogP contribution >= 0.6 is 15.9 Å². The molecular weight excluding hydrogens is 292 g/mol. The lowest BCUT2D eigenvalue weighted by Crippen LogP contribution is -2.39. The molecule has 0 radical (unpaired) electrons. The summed E-state index contributed by atoms with van der Waals surface area (Å²) in [5, 5.41) is 3.49. The molecule has 0 bridgehead atoms. The molecule has 2 unspecified atom stereocenters. The van der Waals surface area contributed by atoms with Crippen LogP contribution < -0.4 is 5.32 Å². The van der Waals surface area contributed by atoms with Gasteiger partial charge in [0.25, 0.3) is 0 Å². The minimum absolute atomic E-state index is 0.350. The zero-order valence-corrected chi connectivity index (χ0v) is 12.9. The molecule has 0 saturated carbocycles. The predicted octanol–water partition coefficient (Wildman–Crippen LogP) is 3.42. The van der Waals surface area contributed by atoms with E-state index in [4.69, 9.17) is 4.42 Å². The molecule has 1 saturated heterocycles. The van der Waals surface area contributed by atoms with Crippen molar-refractivity contribution in [1.29, 1.82) is 0 Å². The molecule has 1 aliphatic rings. The van der Waals surface area contributed by atoms with Crippen LogP contribution in [0.3, 0.4) is 0 Å². The van der Waals surface area contributed by atoms with Crippen molar-refractivity contribution in [3.05, 3.63) is 22.6 Å². The van der Waals surface area contributed by atoms with E-state index in [9.17, 15) is 0 Å². The number of halogens is 1. The molecule has 18 heavy (non-hydrogen) atoms. The van der Waals surface area contributed by atoms with E-state index < -0.39 is 0 Å². The van der Waals surface area contributed by atoms with Gasteiger partial charge in [-0.2, -0.15) is 0 Å². The zero-order chi connectivity index (χ0) is 13.0. The minimum atomic E-state index is 0.350. The van der Waals surface area contributed by atoms with Gasteiger partial charge in [0.1, 0.15) is 5.76 Å². The molecule has 2 atom stereocenters. The Morgan fingerprint density at radius 3 is 2.94 bits per heavy atom. The Morgan fingerprint density at radius 2 is 2.39 bits per heavy atom. The van der Waals surface area contributed by atoms with Crippen molar-refractivity contribution < 1.29 is 4.42 Å². The number of furan rings is 1. The lowest BCUT2D eigenvalue weighted by molar-refractivity contribution is 0.154. The second-order valence-electron chi connectivity index (χ2n) is 5.12. The molecular formula is C14H23BrN2O. The predicted molar refractivity (Wildman–Crippen MR) is 77.7 cm³/mol. The van der Waals surface area contributed by atoms with E-state index in [1.807, 2.05) is 6.07 Å². The summed E-state index contributed by atoms with van der Waals surface area (Å²) in [6, 6.07) is 4.39. The number of hydrogen-bond donors (Lipinski definition) is 1. The molecule has 2 rings (SSSR count). The molecule has 1 aromatic rings. The Bertz CT molecular complexity index is 360. The van der Waals surface area contributed by atoms with Crippen molar-refractivity contribution in [1.82, 2.24) is 10.2 Å². The van der Waals surface area contributed by atoms with Crippen LogP contribution in [0.15, 0.2) is 21.2 Å². The monoisotopic (exact) mass is 314 g/mol. The van der Waals surface area contributed by atoms with Crippen molar-refractivity contribution in [3.8, 4) is 0 Å². The standard InChI is InChI=1S/C14H23BrN2O/c1-3-17(10-12-5-4-8-16-9-12)11(2)13-6-7-14(15)18-13/h6-7,11-12,16H,3-5,8-10H2,1-2H3. The molecule has 0 aliphatic carbocycles. The quantitative estimate of drug-likeness (QED) is 0.902. The van der Waals surface area contributed by atoms with Gasteiger partial charge in [0.2, 0.25) is 0 Å². The average molecular weight is 315 g/mol. The van der Waals surface area contributed by atoms with Crippen molar-refractivity contribution in [3.63, 3.8) is 0 Å². The van der Waals surface area contributed by atoms with Gasteiger partial charge in [-0.05, 0) is 73.4 Å². The highest BCUT2D eigenvalue weighted by Gasteiger charge is 2.22. The van der Waals surface area contributed by atoms with Gasteiger partial charge in [-0.3, -0.25) is 4.90 Å². The summed E-state index contributed by atoms with van der Waals surface area (Å²) >= 11 is 3.37. The maximum atomic E-state index is 5.68. The maximum Gasteiger partial charge on any atom is 0.169 e. The lowest BCUT2D eigenvalue weighted by atomic mass is 9.98. The maximum absolute atomic E-state index is 5.68. The van der Waals surface area contributed by atoms with Crippen molar-refractivity contribution >= 4 is 15.9 Å². The number of nitrogens with zero attached hydrogens (tertiary/aromatic N) is 1. The fraction of sp³-hybridized carbons (Fsp3) is 0.714. The Hall–Kier alpha value is -0.320. The van der Waals surface area contributed by atoms with Gasteiger partial charge >= 0.3 is 0 Å². The summed E-state index contributed by atoms with van der Waals surface area (Å²) in [6.07, 6.45) is 2.65. The van der Waals surface area contributed by atoms with E-state index >= 15 is 0 Å². The summed E-state index contributed by atoms with van der Waals surface area (Å²) in [5.41, 5.74) is 0. The van der Waals surface area contributed by atoms with Gasteiger partial charge in [0.05, 0.1) is 6.04 Å². The van der Waals surface area contributed by atoms with Crippen LogP contribution in [0.1, 0.15) is 38.5 Å². The van der Waals surface area contributed by atoms with Crippen molar-refractivity contribution in [2.45, 2.75) is 32.7 Å². The third-order valence-corrected chi connectivity index (χ3v) is 4.28. The van der Waals surface area contributed by atoms with E-state index in [-0.39, 0.29) is 0 Å². The summed E-state index contributed by atoms with van der Waals surface area (Å²) in [6.45, 7) is 9.02. The largest absolute Gasteiger partial charge is 0.453 e. The van der Waals surface area contributed by atoms with E-state index in [1.165, 1.54) is 19.4 Å². The second kappa shape index (κ2) is 6.73. The fourth-order valence-corrected chi connectivity index (χ4v) is 3.02. The van der Waals surface area contributed by atoms with Crippen LogP contribution in [0.5, 0.6) is 0 Å². The van der Waals surface area contributed by atoms with Gasteiger partial charge in [-0.25, -0.2) is 0 Å².